The van der Waals surface area contributed by atoms with Crippen LogP contribution in [0.25, 0.3) is 56.1 Å². The first-order chi connectivity index (χ1) is 41.9. The van der Waals surface area contributed by atoms with Gasteiger partial charge in [0.05, 0.1) is 5.69 Å². The number of hydrogen-bond donors (Lipinski definition) is 0. The normalized spacial score (nSPS) is 14.3. The van der Waals surface area contributed by atoms with Crippen molar-refractivity contribution in [2.24, 2.45) is 0 Å². The number of alkyl halides is 3. The Bertz CT molecular complexity index is 3800. The average Bonchev–Trinajstić information content (AvgIpc) is 1.44. The first-order valence-corrected chi connectivity index (χ1v) is 28.4. The molecule has 0 fully saturated rings. The second kappa shape index (κ2) is 28.5. The van der Waals surface area contributed by atoms with Crippen LogP contribution in [-0.2, 0) is 57.2 Å². The van der Waals surface area contributed by atoms with Crippen LogP contribution in [0.15, 0.2) is 171 Å². The van der Waals surface area contributed by atoms with Crippen LogP contribution in [0.1, 0.15) is 69.8 Å². The second-order valence-electron chi connectivity index (χ2n) is 23.6. The zero-order valence-corrected chi connectivity index (χ0v) is 56.8. The maximum atomic E-state index is 12.5. The maximum absolute atomic E-state index is 12.5. The number of anilines is 4. The molecule has 0 saturated heterocycles. The monoisotopic (exact) mass is 1560 g/mol. The van der Waals surface area contributed by atoms with Crippen LogP contribution < -0.4 is 29.8 Å². The van der Waals surface area contributed by atoms with E-state index in [0.29, 0.717) is 22.6 Å². The van der Waals surface area contributed by atoms with E-state index in [1.807, 2.05) is 129 Å². The fourth-order valence-corrected chi connectivity index (χ4v) is 9.35. The Morgan fingerprint density at radius 1 is 0.478 bits per heavy atom. The Hall–Kier alpha value is -8.54. The largest absolute Gasteiger partial charge is 0.574 e. The van der Waals surface area contributed by atoms with E-state index in [1.54, 1.807) is 24.3 Å². The van der Waals surface area contributed by atoms with Crippen molar-refractivity contribution in [1.29, 1.82) is 0 Å². The number of fused-ring (bicyclic) bond motifs is 1. The van der Waals surface area contributed by atoms with E-state index in [2.05, 4.69) is 210 Å². The van der Waals surface area contributed by atoms with Gasteiger partial charge in [-0.25, -0.2) is 0 Å². The third-order valence-corrected chi connectivity index (χ3v) is 14.2. The Labute approximate surface area is 554 Å². The molecule has 472 valence electrons. The molecule has 4 aromatic carbocycles. The summed E-state index contributed by atoms with van der Waals surface area (Å²) in [4.78, 5) is 29.1. The van der Waals surface area contributed by atoms with Gasteiger partial charge in [-0.3, -0.25) is 9.97 Å². The van der Waals surface area contributed by atoms with Crippen molar-refractivity contribution in [2.45, 2.75) is 72.4 Å². The van der Waals surface area contributed by atoms with Gasteiger partial charge in [-0.2, -0.15) is 39.8 Å². The maximum Gasteiger partial charge on any atom is 0.397 e. The van der Waals surface area contributed by atoms with Gasteiger partial charge < -0.3 is 64.6 Å². The zero-order chi connectivity index (χ0) is 62.5. The number of halogens is 3. The summed E-state index contributed by atoms with van der Waals surface area (Å²) >= 11 is 0. The first-order valence-electron chi connectivity index (χ1n) is 28.4. The first kappa shape index (κ1) is 67.4. The zero-order valence-electron chi connectivity index (χ0n) is 52.0. The molecule has 0 aliphatic carbocycles. The number of hydrogen-bond acceptors (Lipinski definition) is 13. The summed E-state index contributed by atoms with van der Waals surface area (Å²) in [6, 6.07) is 49.6. The van der Waals surface area contributed by atoms with Crippen LogP contribution in [-0.4, -0.2) is 72.9 Å². The molecule has 2 radical (unpaired) electrons. The molecular formula is C70H68F3Ir2N15-10. The summed E-state index contributed by atoms with van der Waals surface area (Å²) in [5.41, 5.74) is 13.3. The fourth-order valence-electron chi connectivity index (χ4n) is 9.35. The smallest absolute Gasteiger partial charge is 0.397 e. The standard InChI is InChI=1S/C19H13N3.2C18H23N4.C15H9F3N4.2Ir/c1-13-11-18(22-21-13)17-12-15-9-5-6-10-16(15)19(20-17)14-7-3-2-4-8-14;2*1-18(2,3)15-10-16(21-8-6-19(4)13-21)12-17(11-15)22-9-7-20(5)14-22;1-9-7-13(22-21-9)12-4-2-3-11(20-12)10-5-6-14(19-8-10)15(16,17)18;;/h2-7,9-12H,1H3;2*6-11,13-14H,1-5H3;2-4,6-8H,1H3;;/q-2;2*-3;-2;;. The Balaban J connectivity index is 0.000000154. The average molecular weight is 1560 g/mol. The molecular weight excluding hydrogens is 1490 g/mol. The molecule has 20 heteroatoms. The van der Waals surface area contributed by atoms with Crippen molar-refractivity contribution >= 4 is 33.5 Å². The molecule has 0 unspecified atom stereocenters. The fraction of sp³-hybridized carbons (Fsp3) is 0.214. The topological polar surface area (TPSA) is 119 Å². The molecule has 4 aliphatic heterocycles. The van der Waals surface area contributed by atoms with Gasteiger partial charge >= 0.3 is 6.18 Å². The minimum absolute atomic E-state index is 0. The van der Waals surface area contributed by atoms with Gasteiger partial charge in [0, 0.05) is 63.0 Å². The molecule has 4 aliphatic rings. The van der Waals surface area contributed by atoms with Gasteiger partial charge in [-0.05, 0) is 137 Å². The van der Waals surface area contributed by atoms with E-state index in [4.69, 9.17) is 4.98 Å². The van der Waals surface area contributed by atoms with Crippen molar-refractivity contribution in [3.8, 4) is 45.3 Å². The number of aryl methyl sites for hydroxylation is 2. The van der Waals surface area contributed by atoms with Crippen LogP contribution in [0.5, 0.6) is 0 Å². The SMILES string of the molecule is CN1C=CN(c2[c-]c(N3C=CN(C)[CH-]3)cc(C(C)(C)C)c2)[CH-]1.CN1C=CN(c2[c-]c(N3C=CN(C)[CH-]3)cc(C(C)(C)C)c2)[CH-]1.Cc1cc(-c2cc3ccccc3c(-c3[c-]cccc3)n2)[n-]n1.Cc1cc(-c2cccc(-c3[c-]cc(C(F)(F)F)nc3)n2)[n-]n1.[Ir].[Ir]. The summed E-state index contributed by atoms with van der Waals surface area (Å²) in [6.07, 6.45) is 13.0. The molecule has 0 bridgehead atoms. The third-order valence-electron chi connectivity index (χ3n) is 14.2. The number of rotatable bonds is 8. The molecule has 90 heavy (non-hydrogen) atoms. The molecule has 9 aromatic rings. The van der Waals surface area contributed by atoms with Crippen molar-refractivity contribution in [3.63, 3.8) is 0 Å². The van der Waals surface area contributed by atoms with Crippen LogP contribution in [0, 0.1) is 64.8 Å². The quantitative estimate of drug-likeness (QED) is 0.134. The Morgan fingerprint density at radius 3 is 1.32 bits per heavy atom. The van der Waals surface area contributed by atoms with Crippen LogP contribution in [0.2, 0.25) is 0 Å². The van der Waals surface area contributed by atoms with Crippen molar-refractivity contribution in [3.05, 3.63) is 250 Å². The molecule has 0 spiro atoms. The number of pyridine rings is 3. The van der Waals surface area contributed by atoms with Gasteiger partial charge in [0.15, 0.2) is 0 Å². The predicted octanol–water partition coefficient (Wildman–Crippen LogP) is 14.3. The summed E-state index contributed by atoms with van der Waals surface area (Å²) in [7, 11) is 8.10. The van der Waals surface area contributed by atoms with Crippen molar-refractivity contribution < 1.29 is 53.4 Å². The summed E-state index contributed by atoms with van der Waals surface area (Å²) in [6.45, 7) is 25.4. The molecule has 15 nitrogen and oxygen atoms in total. The van der Waals surface area contributed by atoms with Crippen LogP contribution in [0.3, 0.4) is 0 Å². The van der Waals surface area contributed by atoms with Gasteiger partial charge in [-0.1, -0.05) is 108 Å². The van der Waals surface area contributed by atoms with E-state index in [1.165, 1.54) is 11.1 Å². The van der Waals surface area contributed by atoms with E-state index >= 15 is 0 Å². The van der Waals surface area contributed by atoms with Gasteiger partial charge in [0.1, 0.15) is 0 Å². The minimum atomic E-state index is -4.48. The molecule has 0 N–H and O–H groups in total. The molecule has 0 atom stereocenters. The molecule has 13 rings (SSSR count). The number of benzene rings is 4. The van der Waals surface area contributed by atoms with Gasteiger partial charge in [0.25, 0.3) is 0 Å². The Kier molecular flexibility index (Phi) is 21.4. The van der Waals surface area contributed by atoms with E-state index in [-0.39, 0.29) is 51.0 Å². The molecule has 0 saturated carbocycles. The van der Waals surface area contributed by atoms with E-state index < -0.39 is 11.9 Å². The van der Waals surface area contributed by atoms with Gasteiger partial charge in [0.2, 0.25) is 0 Å². The van der Waals surface area contributed by atoms with E-state index in [9.17, 15) is 13.2 Å². The molecule has 9 heterocycles. The van der Waals surface area contributed by atoms with Crippen LogP contribution in [0.4, 0.5) is 35.9 Å². The number of nitrogens with zero attached hydrogens (tertiary/aromatic N) is 15. The second-order valence-corrected chi connectivity index (χ2v) is 23.6. The summed E-state index contributed by atoms with van der Waals surface area (Å²) in [5.74, 6) is 0. The number of aromatic nitrogens is 7. The molecule has 0 amide bonds. The van der Waals surface area contributed by atoms with Crippen LogP contribution >= 0.6 is 0 Å². The summed E-state index contributed by atoms with van der Waals surface area (Å²) in [5, 5.41) is 18.4. The predicted molar refractivity (Wildman–Crippen MR) is 343 cm³/mol. The summed E-state index contributed by atoms with van der Waals surface area (Å²) < 4.78 is 37.5. The van der Waals surface area contributed by atoms with Crippen molar-refractivity contribution in [1.82, 2.24) is 54.9 Å². The van der Waals surface area contributed by atoms with Crippen molar-refractivity contribution in [2.75, 3.05) is 47.8 Å². The van der Waals surface area contributed by atoms with E-state index in [0.717, 1.165) is 79.8 Å². The Morgan fingerprint density at radius 2 is 0.933 bits per heavy atom. The molecule has 5 aromatic heterocycles. The van der Waals surface area contributed by atoms with Gasteiger partial charge in [-0.15, -0.1) is 124 Å². The minimum Gasteiger partial charge on any atom is -0.574 e. The third kappa shape index (κ3) is 16.8.